The fraction of sp³-hybridized carbons (Fsp3) is 0.400. The summed E-state index contributed by atoms with van der Waals surface area (Å²) in [5.74, 6) is 0.941. The average Bonchev–Trinajstić information content (AvgIpc) is 2.51. The lowest BCUT2D eigenvalue weighted by atomic mass is 9.94. The fourth-order valence-electron chi connectivity index (χ4n) is 2.53. The monoisotopic (exact) mass is 282 g/mol. The van der Waals surface area contributed by atoms with Crippen molar-refractivity contribution in [1.29, 1.82) is 0 Å². The van der Waals surface area contributed by atoms with Crippen LogP contribution in [0, 0.1) is 0 Å². The molecule has 0 bridgehead atoms. The van der Waals surface area contributed by atoms with E-state index in [0.717, 1.165) is 31.4 Å². The number of ether oxygens (including phenoxy) is 1. The van der Waals surface area contributed by atoms with Crippen molar-refractivity contribution in [2.24, 2.45) is 0 Å². The number of hydrogen-bond donors (Lipinski definition) is 0. The van der Waals surface area contributed by atoms with Gasteiger partial charge in [0.1, 0.15) is 11.4 Å². The first-order valence-corrected chi connectivity index (χ1v) is 8.08. The molecule has 0 fully saturated rings. The summed E-state index contributed by atoms with van der Waals surface area (Å²) in [6, 6.07) is 8.52. The smallest absolute Gasteiger partial charge is 0.149 e. The Balaban J connectivity index is 2.11. The van der Waals surface area contributed by atoms with Gasteiger partial charge in [0.05, 0.1) is 0 Å². The van der Waals surface area contributed by atoms with Gasteiger partial charge in [0, 0.05) is 6.42 Å². The summed E-state index contributed by atoms with van der Waals surface area (Å²) in [7, 11) is 0. The number of allylic oxidation sites excluding steroid dienone is 3. The van der Waals surface area contributed by atoms with Crippen LogP contribution >= 0.6 is 0 Å². The molecule has 1 aliphatic rings. The highest BCUT2D eigenvalue weighted by Gasteiger charge is 2.25. The minimum atomic E-state index is -0.323. The fourth-order valence-corrected chi connectivity index (χ4v) is 2.53. The Morgan fingerprint density at radius 3 is 2.52 bits per heavy atom. The molecule has 1 heteroatoms. The summed E-state index contributed by atoms with van der Waals surface area (Å²) in [6.45, 7) is 4.40. The van der Waals surface area contributed by atoms with E-state index < -0.39 is 0 Å². The van der Waals surface area contributed by atoms with Crippen LogP contribution in [0.2, 0.25) is 0 Å². The lowest BCUT2D eigenvalue weighted by Crippen LogP contribution is -2.31. The minimum absolute atomic E-state index is 0.323. The molecule has 0 heterocycles. The molecule has 0 saturated carbocycles. The van der Waals surface area contributed by atoms with Crippen LogP contribution in [0.25, 0.3) is 0 Å². The summed E-state index contributed by atoms with van der Waals surface area (Å²) in [5, 5.41) is 0. The van der Waals surface area contributed by atoms with Gasteiger partial charge in [0.15, 0.2) is 0 Å². The van der Waals surface area contributed by atoms with Crippen LogP contribution < -0.4 is 4.74 Å². The predicted octanol–water partition coefficient (Wildman–Crippen LogP) is 5.63. The van der Waals surface area contributed by atoms with E-state index in [1.165, 1.54) is 12.0 Å². The van der Waals surface area contributed by atoms with Crippen LogP contribution in [0.5, 0.6) is 5.75 Å². The molecule has 1 nitrogen and oxygen atoms in total. The van der Waals surface area contributed by atoms with Crippen LogP contribution in [0.1, 0.15) is 45.1 Å². The van der Waals surface area contributed by atoms with Crippen LogP contribution in [0.4, 0.5) is 0 Å². The Morgan fingerprint density at radius 1 is 1.10 bits per heavy atom. The molecule has 1 aliphatic carbocycles. The summed E-state index contributed by atoms with van der Waals surface area (Å²) < 4.78 is 6.30. The first-order chi connectivity index (χ1) is 10.3. The van der Waals surface area contributed by atoms with Crippen molar-refractivity contribution in [3.05, 3.63) is 66.3 Å². The van der Waals surface area contributed by atoms with Crippen molar-refractivity contribution in [3.63, 3.8) is 0 Å². The SMILES string of the molecule is CCC/C=C/C1(Oc2ccc(CCC)cc2)C=CC=CC1. The van der Waals surface area contributed by atoms with Crippen molar-refractivity contribution in [1.82, 2.24) is 0 Å². The Bertz CT molecular complexity index is 507. The molecule has 21 heavy (non-hydrogen) atoms. The first kappa shape index (κ1) is 15.6. The summed E-state index contributed by atoms with van der Waals surface area (Å²) in [6.07, 6.45) is 18.4. The van der Waals surface area contributed by atoms with Crippen molar-refractivity contribution >= 4 is 0 Å². The molecular weight excluding hydrogens is 256 g/mol. The third kappa shape index (κ3) is 4.63. The lowest BCUT2D eigenvalue weighted by Gasteiger charge is -2.29. The average molecular weight is 282 g/mol. The number of benzene rings is 1. The summed E-state index contributed by atoms with van der Waals surface area (Å²) in [5.41, 5.74) is 1.05. The molecule has 0 radical (unpaired) electrons. The minimum Gasteiger partial charge on any atom is -0.479 e. The predicted molar refractivity (Wildman–Crippen MR) is 90.7 cm³/mol. The second-order valence-electron chi connectivity index (χ2n) is 5.63. The highest BCUT2D eigenvalue weighted by Crippen LogP contribution is 2.28. The Labute approximate surface area is 129 Å². The highest BCUT2D eigenvalue weighted by molar-refractivity contribution is 5.32. The normalized spacial score (nSPS) is 21.0. The van der Waals surface area contributed by atoms with E-state index >= 15 is 0 Å². The standard InChI is InChI=1S/C20H26O/c1-3-5-7-15-20(16-8-6-9-17-20)21-19-13-11-18(10-4-2)12-14-19/h6-9,11-16H,3-5,10,17H2,1-2H3/b15-7+. The van der Waals surface area contributed by atoms with Crippen molar-refractivity contribution < 1.29 is 4.74 Å². The van der Waals surface area contributed by atoms with E-state index in [1.807, 2.05) is 0 Å². The van der Waals surface area contributed by atoms with Gasteiger partial charge in [-0.25, -0.2) is 0 Å². The molecule has 0 aromatic heterocycles. The Kier molecular flexibility index (Phi) is 5.86. The third-order valence-corrected chi connectivity index (χ3v) is 3.69. The largest absolute Gasteiger partial charge is 0.479 e. The molecule has 1 aromatic carbocycles. The molecule has 0 spiro atoms. The van der Waals surface area contributed by atoms with Crippen LogP contribution in [0.15, 0.2) is 60.7 Å². The molecule has 0 amide bonds. The van der Waals surface area contributed by atoms with E-state index in [4.69, 9.17) is 4.74 Å². The molecular formula is C20H26O. The molecule has 0 saturated heterocycles. The van der Waals surface area contributed by atoms with Crippen molar-refractivity contribution in [3.8, 4) is 5.75 Å². The molecule has 0 N–H and O–H groups in total. The summed E-state index contributed by atoms with van der Waals surface area (Å²) in [4.78, 5) is 0. The van der Waals surface area contributed by atoms with Gasteiger partial charge in [-0.15, -0.1) is 0 Å². The first-order valence-electron chi connectivity index (χ1n) is 8.08. The molecule has 1 unspecified atom stereocenters. The number of aryl methyl sites for hydroxylation is 1. The summed E-state index contributed by atoms with van der Waals surface area (Å²) >= 11 is 0. The second kappa shape index (κ2) is 7.87. The van der Waals surface area contributed by atoms with Gasteiger partial charge < -0.3 is 4.74 Å². The van der Waals surface area contributed by atoms with Crippen LogP contribution in [-0.2, 0) is 6.42 Å². The van der Waals surface area contributed by atoms with Gasteiger partial charge >= 0.3 is 0 Å². The van der Waals surface area contributed by atoms with E-state index in [2.05, 4.69) is 74.6 Å². The maximum atomic E-state index is 6.30. The topological polar surface area (TPSA) is 9.23 Å². The molecule has 1 atom stereocenters. The van der Waals surface area contributed by atoms with Gasteiger partial charge in [0.25, 0.3) is 0 Å². The molecule has 1 aromatic rings. The van der Waals surface area contributed by atoms with Gasteiger partial charge in [-0.3, -0.25) is 0 Å². The van der Waals surface area contributed by atoms with Gasteiger partial charge in [-0.2, -0.15) is 0 Å². The van der Waals surface area contributed by atoms with Gasteiger partial charge in [0.2, 0.25) is 0 Å². The van der Waals surface area contributed by atoms with Gasteiger partial charge in [-0.05, 0) is 42.7 Å². The van der Waals surface area contributed by atoms with E-state index in [0.29, 0.717) is 0 Å². The van der Waals surface area contributed by atoms with Gasteiger partial charge in [-0.1, -0.05) is 63.1 Å². The third-order valence-electron chi connectivity index (χ3n) is 3.69. The maximum Gasteiger partial charge on any atom is 0.149 e. The molecule has 112 valence electrons. The number of unbranched alkanes of at least 4 members (excludes halogenated alkanes) is 1. The maximum absolute atomic E-state index is 6.30. The zero-order valence-electron chi connectivity index (χ0n) is 13.2. The van der Waals surface area contributed by atoms with Crippen LogP contribution in [0.3, 0.4) is 0 Å². The zero-order valence-corrected chi connectivity index (χ0v) is 13.2. The quantitative estimate of drug-likeness (QED) is 0.589. The van der Waals surface area contributed by atoms with Crippen molar-refractivity contribution in [2.75, 3.05) is 0 Å². The Hall–Kier alpha value is -1.76. The lowest BCUT2D eigenvalue weighted by molar-refractivity contribution is 0.173. The number of rotatable bonds is 7. The van der Waals surface area contributed by atoms with Crippen LogP contribution in [-0.4, -0.2) is 5.60 Å². The zero-order chi connectivity index (χ0) is 15.0. The van der Waals surface area contributed by atoms with E-state index in [1.54, 1.807) is 0 Å². The van der Waals surface area contributed by atoms with E-state index in [-0.39, 0.29) is 5.60 Å². The molecule has 2 rings (SSSR count). The van der Waals surface area contributed by atoms with Crippen molar-refractivity contribution in [2.45, 2.75) is 51.6 Å². The second-order valence-corrected chi connectivity index (χ2v) is 5.63. The highest BCUT2D eigenvalue weighted by atomic mass is 16.5. The van der Waals surface area contributed by atoms with E-state index in [9.17, 15) is 0 Å². The number of hydrogen-bond acceptors (Lipinski definition) is 1. The Morgan fingerprint density at radius 2 is 1.90 bits per heavy atom. The molecule has 0 aliphatic heterocycles.